The van der Waals surface area contributed by atoms with Crippen LogP contribution < -0.4 is 5.32 Å². The maximum atomic E-state index is 12.9. The summed E-state index contributed by atoms with van der Waals surface area (Å²) in [7, 11) is 0. The molecule has 138 valence electrons. The zero-order valence-corrected chi connectivity index (χ0v) is 15.8. The molecule has 2 rings (SSSR count). The molecular weight excluding hydrogens is 380 g/mol. The molecule has 0 saturated heterocycles. The monoisotopic (exact) mass is 397 g/mol. The van der Waals surface area contributed by atoms with Crippen LogP contribution in [-0.2, 0) is 16.1 Å². The third kappa shape index (κ3) is 5.44. The van der Waals surface area contributed by atoms with Gasteiger partial charge in [0, 0.05) is 5.02 Å². The van der Waals surface area contributed by atoms with E-state index in [-0.39, 0.29) is 28.9 Å². The maximum absolute atomic E-state index is 12.9. The van der Waals surface area contributed by atoms with Gasteiger partial charge in [0.1, 0.15) is 18.5 Å². The first-order chi connectivity index (χ1) is 12.3. The number of benzene rings is 2. The van der Waals surface area contributed by atoms with Crippen molar-refractivity contribution < 1.29 is 18.7 Å². The standard InChI is InChI=1S/C19H18Cl2FNO3/c1-11(2)17(19(25)26-10-12-3-6-14(22)7-4-12)23-18(24)15-8-5-13(20)9-16(15)21/h3-9,11,17H,10H2,1-2H3,(H,23,24)/t17-/m0/s1. The molecule has 0 aliphatic carbocycles. The Morgan fingerprint density at radius 1 is 1.12 bits per heavy atom. The van der Waals surface area contributed by atoms with Gasteiger partial charge in [0.05, 0.1) is 10.6 Å². The first kappa shape index (κ1) is 20.2. The van der Waals surface area contributed by atoms with Crippen molar-refractivity contribution in [3.8, 4) is 0 Å². The lowest BCUT2D eigenvalue weighted by atomic mass is 10.0. The molecule has 0 radical (unpaired) electrons. The molecule has 0 aliphatic rings. The van der Waals surface area contributed by atoms with E-state index in [1.807, 2.05) is 0 Å². The number of ether oxygens (including phenoxy) is 1. The van der Waals surface area contributed by atoms with Crippen LogP contribution in [0.4, 0.5) is 4.39 Å². The van der Waals surface area contributed by atoms with Crippen molar-refractivity contribution in [2.24, 2.45) is 5.92 Å². The van der Waals surface area contributed by atoms with E-state index >= 15 is 0 Å². The molecule has 0 heterocycles. The lowest BCUT2D eigenvalue weighted by Gasteiger charge is -2.21. The molecule has 0 fully saturated rings. The van der Waals surface area contributed by atoms with Gasteiger partial charge in [-0.3, -0.25) is 4.79 Å². The van der Waals surface area contributed by atoms with Crippen molar-refractivity contribution in [2.75, 3.05) is 0 Å². The van der Waals surface area contributed by atoms with Gasteiger partial charge in [-0.05, 0) is 41.8 Å². The summed E-state index contributed by atoms with van der Waals surface area (Å²) >= 11 is 11.9. The van der Waals surface area contributed by atoms with Crippen LogP contribution in [0.15, 0.2) is 42.5 Å². The highest BCUT2D eigenvalue weighted by molar-refractivity contribution is 6.36. The summed E-state index contributed by atoms with van der Waals surface area (Å²) in [6, 6.07) is 9.25. The average Bonchev–Trinajstić information content (AvgIpc) is 2.58. The molecule has 1 atom stereocenters. The molecule has 0 aliphatic heterocycles. The number of hydrogen-bond acceptors (Lipinski definition) is 3. The number of carbonyl (C=O) groups excluding carboxylic acids is 2. The minimum atomic E-state index is -0.852. The molecule has 0 unspecified atom stereocenters. The van der Waals surface area contributed by atoms with Crippen molar-refractivity contribution in [1.82, 2.24) is 5.32 Å². The Balaban J connectivity index is 2.03. The smallest absolute Gasteiger partial charge is 0.329 e. The van der Waals surface area contributed by atoms with Gasteiger partial charge in [-0.2, -0.15) is 0 Å². The molecule has 1 amide bonds. The minimum absolute atomic E-state index is 0.0140. The normalized spacial score (nSPS) is 11.9. The Bertz CT molecular complexity index is 794. The van der Waals surface area contributed by atoms with Crippen LogP contribution in [-0.4, -0.2) is 17.9 Å². The van der Waals surface area contributed by atoms with E-state index in [0.29, 0.717) is 10.6 Å². The second kappa shape index (κ2) is 9.01. The number of halogens is 3. The summed E-state index contributed by atoms with van der Waals surface area (Å²) in [5.41, 5.74) is 0.863. The van der Waals surface area contributed by atoms with Gasteiger partial charge in [-0.15, -0.1) is 0 Å². The number of esters is 1. The van der Waals surface area contributed by atoms with E-state index in [1.165, 1.54) is 36.4 Å². The van der Waals surface area contributed by atoms with Crippen LogP contribution >= 0.6 is 23.2 Å². The number of carbonyl (C=O) groups is 2. The van der Waals surface area contributed by atoms with E-state index in [1.54, 1.807) is 19.9 Å². The molecule has 0 aromatic heterocycles. The van der Waals surface area contributed by atoms with Crippen molar-refractivity contribution in [3.63, 3.8) is 0 Å². The molecule has 0 bridgehead atoms. The Morgan fingerprint density at radius 2 is 1.77 bits per heavy atom. The first-order valence-corrected chi connectivity index (χ1v) is 8.70. The van der Waals surface area contributed by atoms with Crippen LogP contribution in [0.3, 0.4) is 0 Å². The number of amides is 1. The Morgan fingerprint density at radius 3 is 2.35 bits per heavy atom. The summed E-state index contributed by atoms with van der Waals surface area (Å²) in [4.78, 5) is 24.8. The molecule has 0 saturated carbocycles. The molecule has 2 aromatic carbocycles. The van der Waals surface area contributed by atoms with Crippen LogP contribution in [0.1, 0.15) is 29.8 Å². The van der Waals surface area contributed by atoms with Crippen LogP contribution in [0.5, 0.6) is 0 Å². The predicted molar refractivity (Wildman–Crippen MR) is 98.8 cm³/mol. The third-order valence-corrected chi connectivity index (χ3v) is 4.23. The van der Waals surface area contributed by atoms with Crippen molar-refractivity contribution in [2.45, 2.75) is 26.5 Å². The van der Waals surface area contributed by atoms with E-state index in [0.717, 1.165) is 0 Å². The maximum Gasteiger partial charge on any atom is 0.329 e. The molecule has 2 aromatic rings. The van der Waals surface area contributed by atoms with Crippen molar-refractivity contribution in [1.29, 1.82) is 0 Å². The topological polar surface area (TPSA) is 55.4 Å². The lowest BCUT2D eigenvalue weighted by molar-refractivity contribution is -0.148. The number of hydrogen-bond donors (Lipinski definition) is 1. The van der Waals surface area contributed by atoms with Crippen LogP contribution in [0, 0.1) is 11.7 Å². The zero-order chi connectivity index (χ0) is 19.3. The van der Waals surface area contributed by atoms with Crippen molar-refractivity contribution in [3.05, 3.63) is 69.5 Å². The average molecular weight is 398 g/mol. The van der Waals surface area contributed by atoms with Crippen LogP contribution in [0.25, 0.3) is 0 Å². The fraction of sp³-hybridized carbons (Fsp3) is 0.263. The van der Waals surface area contributed by atoms with Gasteiger partial charge in [0.25, 0.3) is 5.91 Å². The summed E-state index contributed by atoms with van der Waals surface area (Å²) in [5, 5.41) is 3.24. The summed E-state index contributed by atoms with van der Waals surface area (Å²) in [5.74, 6) is -1.65. The van der Waals surface area contributed by atoms with Gasteiger partial charge < -0.3 is 10.1 Å². The molecule has 26 heavy (non-hydrogen) atoms. The number of rotatable bonds is 6. The molecular formula is C19H18Cl2FNO3. The third-order valence-electron chi connectivity index (χ3n) is 3.68. The van der Waals surface area contributed by atoms with E-state index in [9.17, 15) is 14.0 Å². The lowest BCUT2D eigenvalue weighted by Crippen LogP contribution is -2.45. The fourth-order valence-corrected chi connectivity index (χ4v) is 2.71. The Labute approximate surface area is 161 Å². The summed E-state index contributed by atoms with van der Waals surface area (Å²) in [6.07, 6.45) is 0. The molecule has 7 heteroatoms. The van der Waals surface area contributed by atoms with Crippen LogP contribution in [0.2, 0.25) is 10.0 Å². The van der Waals surface area contributed by atoms with Gasteiger partial charge in [0.2, 0.25) is 0 Å². The Kier molecular flexibility index (Phi) is 7.00. The van der Waals surface area contributed by atoms with Gasteiger partial charge in [-0.1, -0.05) is 49.2 Å². The van der Waals surface area contributed by atoms with Gasteiger partial charge in [0.15, 0.2) is 0 Å². The zero-order valence-electron chi connectivity index (χ0n) is 14.3. The summed E-state index contributed by atoms with van der Waals surface area (Å²) < 4.78 is 18.2. The number of nitrogens with one attached hydrogen (secondary N) is 1. The molecule has 1 N–H and O–H groups in total. The highest BCUT2D eigenvalue weighted by Gasteiger charge is 2.27. The predicted octanol–water partition coefficient (Wildman–Crippen LogP) is 4.63. The second-order valence-electron chi connectivity index (χ2n) is 6.05. The van der Waals surface area contributed by atoms with E-state index in [4.69, 9.17) is 27.9 Å². The van der Waals surface area contributed by atoms with E-state index in [2.05, 4.69) is 5.32 Å². The Hall–Kier alpha value is -2.11. The molecule has 4 nitrogen and oxygen atoms in total. The minimum Gasteiger partial charge on any atom is -0.459 e. The first-order valence-electron chi connectivity index (χ1n) is 7.95. The molecule has 0 spiro atoms. The fourth-order valence-electron chi connectivity index (χ4n) is 2.22. The quantitative estimate of drug-likeness (QED) is 0.722. The van der Waals surface area contributed by atoms with Crippen molar-refractivity contribution >= 4 is 35.1 Å². The summed E-state index contributed by atoms with van der Waals surface area (Å²) in [6.45, 7) is 3.56. The van der Waals surface area contributed by atoms with Gasteiger partial charge >= 0.3 is 5.97 Å². The SMILES string of the molecule is CC(C)[C@H](NC(=O)c1ccc(Cl)cc1Cl)C(=O)OCc1ccc(F)cc1. The highest BCUT2D eigenvalue weighted by Crippen LogP contribution is 2.21. The largest absolute Gasteiger partial charge is 0.459 e. The highest BCUT2D eigenvalue weighted by atomic mass is 35.5. The second-order valence-corrected chi connectivity index (χ2v) is 6.90. The van der Waals surface area contributed by atoms with E-state index < -0.39 is 17.9 Å². The van der Waals surface area contributed by atoms with Gasteiger partial charge in [-0.25, -0.2) is 9.18 Å².